The standard InChI is InChI=1S/C10H12BrClO3S/c1-2-16(14,15)10(11)9(13)7-3-5-8(12)6-4-7/h3-6,9-10,13H,2H2,1H3/t9-,10-/m0/s1. The van der Waals surface area contributed by atoms with Gasteiger partial charge in [-0.3, -0.25) is 0 Å². The molecule has 1 N–H and O–H groups in total. The van der Waals surface area contributed by atoms with Crippen LogP contribution in [0.25, 0.3) is 0 Å². The zero-order valence-corrected chi connectivity index (χ0v) is 11.8. The zero-order chi connectivity index (χ0) is 12.3. The lowest BCUT2D eigenvalue weighted by Gasteiger charge is -2.17. The molecule has 6 heteroatoms. The van der Waals surface area contributed by atoms with Crippen LogP contribution in [-0.2, 0) is 9.84 Å². The topological polar surface area (TPSA) is 54.4 Å². The second-order valence-corrected chi connectivity index (χ2v) is 7.74. The predicted octanol–water partition coefficient (Wildman–Crippen LogP) is 2.53. The maximum Gasteiger partial charge on any atom is 0.165 e. The number of halogens is 2. The van der Waals surface area contributed by atoms with Gasteiger partial charge in [-0.25, -0.2) is 8.42 Å². The Morgan fingerprint density at radius 3 is 2.31 bits per heavy atom. The van der Waals surface area contributed by atoms with Crippen LogP contribution in [0.2, 0.25) is 5.02 Å². The summed E-state index contributed by atoms with van der Waals surface area (Å²) in [4.78, 5) is 0. The second-order valence-electron chi connectivity index (χ2n) is 3.30. The smallest absolute Gasteiger partial charge is 0.165 e. The first-order valence-electron chi connectivity index (χ1n) is 4.67. The minimum atomic E-state index is -3.32. The molecule has 16 heavy (non-hydrogen) atoms. The van der Waals surface area contributed by atoms with E-state index in [9.17, 15) is 13.5 Å². The number of hydrogen-bond acceptors (Lipinski definition) is 3. The molecule has 0 aromatic heterocycles. The number of benzene rings is 1. The Bertz CT molecular complexity index is 444. The summed E-state index contributed by atoms with van der Waals surface area (Å²) in [6.07, 6.45) is -1.10. The summed E-state index contributed by atoms with van der Waals surface area (Å²) in [5.41, 5.74) is 0.517. The van der Waals surface area contributed by atoms with Crippen molar-refractivity contribution in [1.82, 2.24) is 0 Å². The van der Waals surface area contributed by atoms with Crippen molar-refractivity contribution in [3.8, 4) is 0 Å². The SMILES string of the molecule is CCS(=O)(=O)[C@H](Br)[C@@H](O)c1ccc(Cl)cc1. The fourth-order valence-electron chi connectivity index (χ4n) is 1.17. The Morgan fingerprint density at radius 1 is 1.38 bits per heavy atom. The minimum Gasteiger partial charge on any atom is -0.386 e. The van der Waals surface area contributed by atoms with Crippen LogP contribution in [-0.4, -0.2) is 23.4 Å². The zero-order valence-electron chi connectivity index (χ0n) is 8.60. The summed E-state index contributed by atoms with van der Waals surface area (Å²) in [6, 6.07) is 6.43. The van der Waals surface area contributed by atoms with Crippen molar-refractivity contribution in [2.45, 2.75) is 17.2 Å². The molecule has 0 amide bonds. The molecule has 0 aliphatic heterocycles. The van der Waals surface area contributed by atoms with Crippen LogP contribution >= 0.6 is 27.5 Å². The fourth-order valence-corrected chi connectivity index (χ4v) is 3.26. The fraction of sp³-hybridized carbons (Fsp3) is 0.400. The maximum atomic E-state index is 11.5. The van der Waals surface area contributed by atoms with E-state index in [1.165, 1.54) is 6.92 Å². The van der Waals surface area contributed by atoms with Crippen molar-refractivity contribution in [3.63, 3.8) is 0 Å². The number of rotatable bonds is 4. The van der Waals surface area contributed by atoms with E-state index >= 15 is 0 Å². The average molecular weight is 328 g/mol. The summed E-state index contributed by atoms with van der Waals surface area (Å²) in [6.45, 7) is 1.54. The molecule has 0 fully saturated rings. The van der Waals surface area contributed by atoms with Gasteiger partial charge < -0.3 is 5.11 Å². The van der Waals surface area contributed by atoms with Crippen molar-refractivity contribution in [1.29, 1.82) is 0 Å². The van der Waals surface area contributed by atoms with Crippen molar-refractivity contribution >= 4 is 37.4 Å². The summed E-state index contributed by atoms with van der Waals surface area (Å²) in [7, 11) is -3.32. The Morgan fingerprint density at radius 2 is 1.88 bits per heavy atom. The highest BCUT2D eigenvalue weighted by atomic mass is 79.9. The van der Waals surface area contributed by atoms with Gasteiger partial charge in [0.05, 0.1) is 0 Å². The van der Waals surface area contributed by atoms with Gasteiger partial charge >= 0.3 is 0 Å². The lowest BCUT2D eigenvalue weighted by molar-refractivity contribution is 0.195. The molecule has 0 aliphatic rings. The Balaban J connectivity index is 2.94. The molecular weight excluding hydrogens is 316 g/mol. The number of aliphatic hydroxyl groups is 1. The molecule has 0 bridgehead atoms. The van der Waals surface area contributed by atoms with E-state index in [-0.39, 0.29) is 5.75 Å². The lowest BCUT2D eigenvalue weighted by Crippen LogP contribution is -2.24. The van der Waals surface area contributed by atoms with Crippen molar-refractivity contribution in [2.24, 2.45) is 0 Å². The first-order valence-corrected chi connectivity index (χ1v) is 7.68. The minimum absolute atomic E-state index is 0.0203. The van der Waals surface area contributed by atoms with Gasteiger partial charge in [-0.2, -0.15) is 0 Å². The van der Waals surface area contributed by atoms with Crippen molar-refractivity contribution < 1.29 is 13.5 Å². The van der Waals surface area contributed by atoms with E-state index in [0.717, 1.165) is 0 Å². The van der Waals surface area contributed by atoms with Gasteiger partial charge in [-0.1, -0.05) is 46.6 Å². The molecule has 0 saturated carbocycles. The molecule has 1 aromatic rings. The van der Waals surface area contributed by atoms with Crippen LogP contribution in [0.3, 0.4) is 0 Å². The van der Waals surface area contributed by atoms with Gasteiger partial charge in [0.1, 0.15) is 10.3 Å². The molecule has 0 heterocycles. The molecule has 1 rings (SSSR count). The Hall–Kier alpha value is -0.100. The van der Waals surface area contributed by atoms with Gasteiger partial charge in [0.25, 0.3) is 0 Å². The number of alkyl halides is 1. The predicted molar refractivity (Wildman–Crippen MR) is 68.6 cm³/mol. The molecular formula is C10H12BrClO3S. The van der Waals surface area contributed by atoms with Gasteiger partial charge in [0, 0.05) is 10.8 Å². The van der Waals surface area contributed by atoms with E-state index in [4.69, 9.17) is 11.6 Å². The first kappa shape index (κ1) is 14.0. The molecule has 0 saturated heterocycles. The van der Waals surface area contributed by atoms with Crippen LogP contribution in [0, 0.1) is 0 Å². The second kappa shape index (κ2) is 5.49. The highest BCUT2D eigenvalue weighted by Crippen LogP contribution is 2.27. The Labute approximate surface area is 108 Å². The average Bonchev–Trinajstić information content (AvgIpc) is 2.28. The quantitative estimate of drug-likeness (QED) is 0.865. The normalized spacial score (nSPS) is 15.8. The molecule has 2 atom stereocenters. The van der Waals surface area contributed by atoms with Crippen LogP contribution in [0.1, 0.15) is 18.6 Å². The van der Waals surface area contributed by atoms with Gasteiger partial charge in [0.2, 0.25) is 0 Å². The highest BCUT2D eigenvalue weighted by Gasteiger charge is 2.29. The molecule has 0 radical (unpaired) electrons. The molecule has 0 aliphatic carbocycles. The van der Waals surface area contributed by atoms with E-state index < -0.39 is 20.1 Å². The number of aliphatic hydroxyl groups excluding tert-OH is 1. The van der Waals surface area contributed by atoms with E-state index in [2.05, 4.69) is 15.9 Å². The Kier molecular flexibility index (Phi) is 4.79. The van der Waals surface area contributed by atoms with Crippen LogP contribution < -0.4 is 0 Å². The summed E-state index contributed by atoms with van der Waals surface area (Å²) >= 11 is 8.71. The summed E-state index contributed by atoms with van der Waals surface area (Å²) in [5.74, 6) is -0.0203. The van der Waals surface area contributed by atoms with Gasteiger partial charge in [-0.15, -0.1) is 0 Å². The van der Waals surface area contributed by atoms with Crippen LogP contribution in [0.4, 0.5) is 0 Å². The summed E-state index contributed by atoms with van der Waals surface area (Å²) in [5, 5.41) is 10.4. The van der Waals surface area contributed by atoms with E-state index in [1.807, 2.05) is 0 Å². The molecule has 3 nitrogen and oxygen atoms in total. The van der Waals surface area contributed by atoms with Gasteiger partial charge in [-0.05, 0) is 17.7 Å². The van der Waals surface area contributed by atoms with Gasteiger partial charge in [0.15, 0.2) is 9.84 Å². The molecule has 0 spiro atoms. The lowest BCUT2D eigenvalue weighted by atomic mass is 10.1. The maximum absolute atomic E-state index is 11.5. The van der Waals surface area contributed by atoms with Crippen LogP contribution in [0.5, 0.6) is 0 Å². The van der Waals surface area contributed by atoms with Crippen molar-refractivity contribution in [3.05, 3.63) is 34.9 Å². The highest BCUT2D eigenvalue weighted by molar-refractivity contribution is 9.11. The number of sulfone groups is 1. The van der Waals surface area contributed by atoms with Crippen LogP contribution in [0.15, 0.2) is 24.3 Å². The first-order chi connectivity index (χ1) is 7.38. The molecule has 1 aromatic carbocycles. The largest absolute Gasteiger partial charge is 0.386 e. The molecule has 0 unspecified atom stereocenters. The summed E-state index contributed by atoms with van der Waals surface area (Å²) < 4.78 is 22.1. The third kappa shape index (κ3) is 3.20. The van der Waals surface area contributed by atoms with Crippen molar-refractivity contribution in [2.75, 3.05) is 5.75 Å². The third-order valence-corrected chi connectivity index (χ3v) is 6.42. The molecule has 90 valence electrons. The monoisotopic (exact) mass is 326 g/mol. The third-order valence-electron chi connectivity index (χ3n) is 2.21. The van der Waals surface area contributed by atoms with E-state index in [1.54, 1.807) is 24.3 Å². The number of hydrogen-bond donors (Lipinski definition) is 1. The van der Waals surface area contributed by atoms with E-state index in [0.29, 0.717) is 10.6 Å².